The molecule has 11 heavy (non-hydrogen) atoms. The first-order chi connectivity index (χ1) is 4.41. The zero-order valence-electron chi connectivity index (χ0n) is 6.14. The molecule has 0 saturated heterocycles. The van der Waals surface area contributed by atoms with Gasteiger partial charge in [-0.25, -0.2) is 0 Å². The Bertz CT molecular complexity index is 106. The van der Waals surface area contributed by atoms with Crippen molar-refractivity contribution >= 4 is 7.69 Å². The first-order valence-electron chi connectivity index (χ1n) is 2.25. The van der Waals surface area contributed by atoms with Crippen LogP contribution in [0.3, 0.4) is 0 Å². The van der Waals surface area contributed by atoms with Crippen molar-refractivity contribution < 1.29 is 71.9 Å². The van der Waals surface area contributed by atoms with E-state index in [4.69, 9.17) is 10.0 Å². The number of hydrogen-bond acceptors (Lipinski definition) is 4. The maximum atomic E-state index is 8.36. The third kappa shape index (κ3) is 18.0. The standard InChI is InChI=1S/C4H4N2.BHO2.K.H2O/c1-2-5-4-6-3-1;2-1-3;;/h1-4H;2H;;1H2/q;-1;+1;. The van der Waals surface area contributed by atoms with Crippen molar-refractivity contribution in [1.29, 1.82) is 0 Å². The van der Waals surface area contributed by atoms with Crippen LogP contribution >= 0.6 is 0 Å². The van der Waals surface area contributed by atoms with Gasteiger partial charge in [-0.15, -0.1) is 0 Å². The number of rotatable bonds is 0. The van der Waals surface area contributed by atoms with E-state index in [1.54, 1.807) is 12.5 Å². The number of H-pyrrole nitrogens is 1. The number of nitrogens with one attached hydrogen (secondary N) is 1. The van der Waals surface area contributed by atoms with Gasteiger partial charge >= 0.3 is 51.4 Å². The number of hydrogen-bond donors (Lipinski definition) is 1. The first-order valence-corrected chi connectivity index (χ1v) is 2.25. The fraction of sp³-hybridized carbons (Fsp3) is 0. The van der Waals surface area contributed by atoms with Crippen molar-refractivity contribution in [3.05, 3.63) is 24.8 Å². The van der Waals surface area contributed by atoms with Crippen molar-refractivity contribution in [2.45, 2.75) is 0 Å². The fourth-order valence-corrected chi connectivity index (χ4v) is 0.277. The van der Waals surface area contributed by atoms with E-state index in [-0.39, 0.29) is 64.5 Å². The molecule has 0 amide bonds. The van der Waals surface area contributed by atoms with Crippen molar-refractivity contribution in [2.75, 3.05) is 0 Å². The number of nitrogens with zero attached hydrogens (tertiary/aromatic N) is 1. The van der Waals surface area contributed by atoms with Gasteiger partial charge in [-0.1, -0.05) is 4.98 Å². The Morgan fingerprint density at radius 2 is 2.09 bits per heavy atom. The van der Waals surface area contributed by atoms with Gasteiger partial charge in [0.2, 0.25) is 0 Å². The van der Waals surface area contributed by atoms with Crippen LogP contribution in [0, 0.1) is 0 Å². The molecule has 5 nitrogen and oxygen atoms in total. The number of aromatic amines is 1. The van der Waals surface area contributed by atoms with E-state index in [9.17, 15) is 0 Å². The van der Waals surface area contributed by atoms with Gasteiger partial charge in [-0.05, 0) is 0 Å². The molecule has 0 spiro atoms. The Balaban J connectivity index is -0.000000116. The molecule has 0 bridgehead atoms. The molecule has 0 aromatic carbocycles. The second-order valence-corrected chi connectivity index (χ2v) is 1.06. The van der Waals surface area contributed by atoms with Crippen molar-refractivity contribution in [2.24, 2.45) is 0 Å². The summed E-state index contributed by atoms with van der Waals surface area (Å²) in [7, 11) is -0.250. The quantitative estimate of drug-likeness (QED) is 0.403. The molecule has 0 fully saturated rings. The summed E-state index contributed by atoms with van der Waals surface area (Å²) in [6.07, 6.45) is 5.16. The molecule has 7 heteroatoms. The second-order valence-electron chi connectivity index (χ2n) is 1.06. The molecule has 0 unspecified atom stereocenters. The van der Waals surface area contributed by atoms with Crippen LogP contribution in [0.4, 0.5) is 0 Å². The van der Waals surface area contributed by atoms with E-state index in [1.807, 2.05) is 12.3 Å². The van der Waals surface area contributed by atoms with Gasteiger partial charge in [-0.3, -0.25) is 4.98 Å². The average Bonchev–Trinajstić information content (AvgIpc) is 1.93. The summed E-state index contributed by atoms with van der Waals surface area (Å²) in [5.41, 5.74) is 0. The largest absolute Gasteiger partial charge is 1.00 e. The van der Waals surface area contributed by atoms with Crippen LogP contribution in [0.1, 0.15) is 0 Å². The normalized spacial score (nSPS) is 5.64. The Labute approximate surface area is 108 Å². The monoisotopic (exact) mass is 181 g/mol. The van der Waals surface area contributed by atoms with Crippen LogP contribution in [-0.4, -0.2) is 23.2 Å². The van der Waals surface area contributed by atoms with Crippen LogP contribution in [0.15, 0.2) is 24.8 Å². The Morgan fingerprint density at radius 3 is 2.18 bits per heavy atom. The van der Waals surface area contributed by atoms with E-state index < -0.39 is 0 Å². The van der Waals surface area contributed by atoms with Gasteiger partial charge in [0, 0.05) is 6.07 Å². The van der Waals surface area contributed by atoms with Crippen LogP contribution < -0.4 is 61.4 Å². The van der Waals surface area contributed by atoms with E-state index in [0.29, 0.717) is 0 Å². The SMILES string of the molecule is [K+].[O-][B]O.[OH-].c1cnc[nH+]c1. The van der Waals surface area contributed by atoms with E-state index in [1.165, 1.54) is 0 Å². The summed E-state index contributed by atoms with van der Waals surface area (Å²) in [6, 6.07) is 1.83. The predicted octanol–water partition coefficient (Wildman–Crippen LogP) is -5.40. The fourth-order valence-electron chi connectivity index (χ4n) is 0.277. The molecular formula is C4H7BKN2O3. The van der Waals surface area contributed by atoms with Gasteiger partial charge in [0.25, 0.3) is 6.33 Å². The Morgan fingerprint density at radius 1 is 1.55 bits per heavy atom. The molecule has 1 heterocycles. The number of aromatic nitrogens is 2. The van der Waals surface area contributed by atoms with Crippen LogP contribution in [0.5, 0.6) is 0 Å². The van der Waals surface area contributed by atoms with Crippen molar-refractivity contribution in [3.8, 4) is 0 Å². The first kappa shape index (κ1) is 17.7. The predicted molar refractivity (Wildman–Crippen MR) is 30.7 cm³/mol. The second kappa shape index (κ2) is 17.0. The van der Waals surface area contributed by atoms with Crippen LogP contribution in [0.2, 0.25) is 0 Å². The van der Waals surface area contributed by atoms with E-state index >= 15 is 0 Å². The zero-order valence-corrected chi connectivity index (χ0v) is 9.26. The molecule has 0 aliphatic heterocycles. The summed E-state index contributed by atoms with van der Waals surface area (Å²) in [6.45, 7) is 0. The van der Waals surface area contributed by atoms with Gasteiger partial charge < -0.3 is 15.5 Å². The smallest absolute Gasteiger partial charge is 0.870 e. The minimum Gasteiger partial charge on any atom is -0.870 e. The van der Waals surface area contributed by atoms with Gasteiger partial charge in [0.15, 0.2) is 7.69 Å². The summed E-state index contributed by atoms with van der Waals surface area (Å²) >= 11 is 0. The Hall–Kier alpha value is 0.661. The van der Waals surface area contributed by atoms with Crippen LogP contribution in [0.25, 0.3) is 0 Å². The maximum Gasteiger partial charge on any atom is 1.00 e. The maximum absolute atomic E-state index is 8.36. The molecule has 1 radical (unpaired) electrons. The zero-order chi connectivity index (χ0) is 6.95. The topological polar surface area (TPSA) is 100 Å². The molecule has 0 aliphatic carbocycles. The molecule has 0 atom stereocenters. The third-order valence-corrected chi connectivity index (χ3v) is 0.514. The molecule has 55 valence electrons. The van der Waals surface area contributed by atoms with Crippen LogP contribution in [-0.2, 0) is 0 Å². The van der Waals surface area contributed by atoms with E-state index in [0.717, 1.165) is 0 Å². The van der Waals surface area contributed by atoms with Crippen molar-refractivity contribution in [1.82, 2.24) is 4.98 Å². The molecule has 1 aromatic heterocycles. The average molecular weight is 181 g/mol. The molecule has 1 aromatic rings. The minimum atomic E-state index is -0.250. The van der Waals surface area contributed by atoms with Gasteiger partial charge in [-0.2, -0.15) is 0 Å². The summed E-state index contributed by atoms with van der Waals surface area (Å²) in [4.78, 5) is 6.51. The van der Waals surface area contributed by atoms with Crippen molar-refractivity contribution in [3.63, 3.8) is 0 Å². The molecule has 1 rings (SSSR count). The molecule has 3 N–H and O–H groups in total. The summed E-state index contributed by atoms with van der Waals surface area (Å²) < 4.78 is 0. The van der Waals surface area contributed by atoms with Gasteiger partial charge in [0.05, 0.1) is 6.20 Å². The summed E-state index contributed by atoms with van der Waals surface area (Å²) in [5.74, 6) is 0. The molecule has 0 saturated carbocycles. The summed E-state index contributed by atoms with van der Waals surface area (Å²) in [5, 5.41) is 15.2. The molecular weight excluding hydrogens is 174 g/mol. The Kier molecular flexibility index (Phi) is 27.2. The van der Waals surface area contributed by atoms with Gasteiger partial charge in [0.1, 0.15) is 6.20 Å². The minimum absolute atomic E-state index is 0. The van der Waals surface area contributed by atoms with E-state index in [2.05, 4.69) is 9.97 Å². The third-order valence-electron chi connectivity index (χ3n) is 0.514. The molecule has 0 aliphatic rings.